The summed E-state index contributed by atoms with van der Waals surface area (Å²) in [6.45, 7) is 3.08. The van der Waals surface area contributed by atoms with E-state index in [-0.39, 0.29) is 0 Å². The molecule has 2 bridgehead atoms. The van der Waals surface area contributed by atoms with Crippen molar-refractivity contribution in [3.63, 3.8) is 0 Å². The minimum atomic E-state index is -6.59. The highest BCUT2D eigenvalue weighted by Crippen LogP contribution is 2.53. The standard InChI is InChI=1S/C15H12F6O10S/c1-2-4(22)28-9-8-6(5-7(29-8)10(9)30-11(5)23)12(24)31-13(14(16,17)18,15(19,20)21)3-32(25,26)27/h2,5-10H,1,3H2,(H,25,26,27)/p-1. The fourth-order valence-electron chi connectivity index (χ4n) is 3.88. The number of alkyl halides is 6. The topological polar surface area (TPSA) is 145 Å². The summed E-state index contributed by atoms with van der Waals surface area (Å²) in [5.41, 5.74) is -5.73. The van der Waals surface area contributed by atoms with Crippen molar-refractivity contribution in [2.45, 2.75) is 42.4 Å². The van der Waals surface area contributed by atoms with E-state index in [0.29, 0.717) is 6.08 Å². The second kappa shape index (κ2) is 7.31. The van der Waals surface area contributed by atoms with Crippen LogP contribution < -0.4 is 0 Å². The molecular formula is C15H11F6O10S-. The number of esters is 3. The lowest BCUT2D eigenvalue weighted by atomic mass is 9.78. The second-order valence-corrected chi connectivity index (χ2v) is 8.47. The lowest BCUT2D eigenvalue weighted by Gasteiger charge is -2.38. The summed E-state index contributed by atoms with van der Waals surface area (Å²) in [4.78, 5) is 36.0. The van der Waals surface area contributed by atoms with Gasteiger partial charge in [-0.05, 0) is 0 Å². The van der Waals surface area contributed by atoms with Crippen molar-refractivity contribution >= 4 is 28.0 Å². The van der Waals surface area contributed by atoms with Gasteiger partial charge in [0.1, 0.15) is 24.0 Å². The fourth-order valence-corrected chi connectivity index (χ4v) is 4.76. The van der Waals surface area contributed by atoms with Crippen molar-refractivity contribution in [2.75, 3.05) is 5.75 Å². The van der Waals surface area contributed by atoms with E-state index in [1.165, 1.54) is 0 Å². The number of ether oxygens (including phenoxy) is 4. The van der Waals surface area contributed by atoms with E-state index >= 15 is 0 Å². The van der Waals surface area contributed by atoms with Crippen molar-refractivity contribution in [3.8, 4) is 0 Å². The Hall–Kier alpha value is -2.40. The van der Waals surface area contributed by atoms with E-state index in [0.717, 1.165) is 0 Å². The van der Waals surface area contributed by atoms with Crippen LogP contribution in [0.3, 0.4) is 0 Å². The maximum absolute atomic E-state index is 13.4. The van der Waals surface area contributed by atoms with E-state index in [4.69, 9.17) is 14.2 Å². The molecule has 0 aromatic heterocycles. The average molecular weight is 497 g/mol. The molecule has 0 spiro atoms. The highest BCUT2D eigenvalue weighted by molar-refractivity contribution is 7.85. The van der Waals surface area contributed by atoms with Crippen LogP contribution in [0.1, 0.15) is 0 Å². The Morgan fingerprint density at radius 1 is 1.09 bits per heavy atom. The van der Waals surface area contributed by atoms with Gasteiger partial charge in [-0.1, -0.05) is 6.58 Å². The first-order chi connectivity index (χ1) is 14.4. The van der Waals surface area contributed by atoms with Crippen molar-refractivity contribution in [3.05, 3.63) is 12.7 Å². The average Bonchev–Trinajstić information content (AvgIpc) is 3.21. The SMILES string of the molecule is C=CC(=O)OC1C2OC(=O)C3C2OC1C3C(=O)OC(CS(=O)(=O)[O-])(C(F)(F)F)C(F)(F)F. The summed E-state index contributed by atoms with van der Waals surface area (Å²) in [6.07, 6.45) is -18.5. The van der Waals surface area contributed by atoms with Crippen LogP contribution in [0.15, 0.2) is 12.7 Å². The summed E-state index contributed by atoms with van der Waals surface area (Å²) < 4.78 is 131. The molecule has 0 radical (unpaired) electrons. The summed E-state index contributed by atoms with van der Waals surface area (Å²) >= 11 is 0. The quantitative estimate of drug-likeness (QED) is 0.161. The summed E-state index contributed by atoms with van der Waals surface area (Å²) in [6, 6.07) is 0. The van der Waals surface area contributed by atoms with E-state index in [1.807, 2.05) is 0 Å². The van der Waals surface area contributed by atoms with E-state index < -0.39 is 88.0 Å². The number of fused-ring (bicyclic) bond motifs is 1. The highest BCUT2D eigenvalue weighted by atomic mass is 32.2. The molecular weight excluding hydrogens is 486 g/mol. The molecule has 3 fully saturated rings. The summed E-state index contributed by atoms with van der Waals surface area (Å²) in [7, 11) is -6.25. The van der Waals surface area contributed by atoms with Gasteiger partial charge in [0.05, 0.1) is 15.9 Å². The third-order valence-electron chi connectivity index (χ3n) is 5.17. The molecule has 6 unspecified atom stereocenters. The van der Waals surface area contributed by atoms with Gasteiger partial charge < -0.3 is 23.5 Å². The molecule has 10 nitrogen and oxygen atoms in total. The van der Waals surface area contributed by atoms with Crippen LogP contribution in [0.25, 0.3) is 0 Å². The molecule has 180 valence electrons. The summed E-state index contributed by atoms with van der Waals surface area (Å²) in [5, 5.41) is 0. The zero-order valence-corrected chi connectivity index (χ0v) is 16.0. The van der Waals surface area contributed by atoms with Gasteiger partial charge in [0.25, 0.3) is 0 Å². The molecule has 32 heavy (non-hydrogen) atoms. The van der Waals surface area contributed by atoms with Gasteiger partial charge in [0, 0.05) is 6.08 Å². The Morgan fingerprint density at radius 2 is 1.66 bits per heavy atom. The minimum absolute atomic E-state index is 0.644. The zero-order valence-electron chi connectivity index (χ0n) is 15.2. The first-order valence-corrected chi connectivity index (χ1v) is 10.00. The van der Waals surface area contributed by atoms with Gasteiger partial charge in [-0.2, -0.15) is 26.3 Å². The molecule has 3 aliphatic rings. The maximum atomic E-state index is 13.4. The monoisotopic (exact) mass is 497 g/mol. The smallest absolute Gasteiger partial charge is 0.438 e. The van der Waals surface area contributed by atoms with Gasteiger partial charge in [0.15, 0.2) is 12.2 Å². The van der Waals surface area contributed by atoms with E-state index in [1.54, 1.807) is 0 Å². The van der Waals surface area contributed by atoms with Gasteiger partial charge >= 0.3 is 35.9 Å². The number of halogens is 6. The predicted octanol–water partition coefficient (Wildman–Crippen LogP) is -0.0252. The third kappa shape index (κ3) is 3.71. The van der Waals surface area contributed by atoms with Crippen LogP contribution >= 0.6 is 0 Å². The fraction of sp³-hybridized carbons (Fsp3) is 0.667. The van der Waals surface area contributed by atoms with Crippen molar-refractivity contribution in [1.82, 2.24) is 0 Å². The molecule has 0 amide bonds. The van der Waals surface area contributed by atoms with Crippen molar-refractivity contribution < 1.29 is 72.6 Å². The number of rotatable bonds is 6. The molecule has 0 aliphatic carbocycles. The largest absolute Gasteiger partial charge is 0.748 e. The Bertz CT molecular complexity index is 943. The molecule has 3 aliphatic heterocycles. The summed E-state index contributed by atoms with van der Waals surface area (Å²) in [5.74, 6) is -11.8. The Balaban J connectivity index is 2.00. The van der Waals surface area contributed by atoms with E-state index in [9.17, 15) is 53.7 Å². The molecule has 3 heterocycles. The lowest BCUT2D eigenvalue weighted by Crippen LogP contribution is -2.64. The minimum Gasteiger partial charge on any atom is -0.748 e. The predicted molar refractivity (Wildman–Crippen MR) is 81.1 cm³/mol. The number of carbonyl (C=O) groups excluding carboxylic acids is 3. The van der Waals surface area contributed by atoms with Gasteiger partial charge in [-0.25, -0.2) is 13.2 Å². The third-order valence-corrected chi connectivity index (χ3v) is 5.93. The van der Waals surface area contributed by atoms with Crippen LogP contribution in [0.5, 0.6) is 0 Å². The molecule has 0 aromatic rings. The van der Waals surface area contributed by atoms with Crippen LogP contribution in [0.4, 0.5) is 26.3 Å². The Labute approximate surface area is 174 Å². The molecule has 3 rings (SSSR count). The van der Waals surface area contributed by atoms with Gasteiger partial charge in [0.2, 0.25) is 0 Å². The molecule has 0 N–H and O–H groups in total. The molecule has 0 saturated carbocycles. The zero-order chi connectivity index (χ0) is 24.4. The second-order valence-electron chi connectivity index (χ2n) is 7.07. The van der Waals surface area contributed by atoms with Crippen LogP contribution in [0, 0.1) is 11.8 Å². The van der Waals surface area contributed by atoms with E-state index in [2.05, 4.69) is 11.3 Å². The highest BCUT2D eigenvalue weighted by Gasteiger charge is 2.77. The van der Waals surface area contributed by atoms with Gasteiger partial charge in [-0.15, -0.1) is 0 Å². The number of carbonyl (C=O) groups is 3. The Morgan fingerprint density at radius 3 is 2.12 bits per heavy atom. The molecule has 0 aromatic carbocycles. The van der Waals surface area contributed by atoms with Crippen LogP contribution in [-0.2, 0) is 43.4 Å². The molecule has 17 heteroatoms. The molecule has 6 atom stereocenters. The number of hydrogen-bond donors (Lipinski definition) is 0. The van der Waals surface area contributed by atoms with Crippen molar-refractivity contribution in [1.29, 1.82) is 0 Å². The maximum Gasteiger partial charge on any atom is 0.438 e. The van der Waals surface area contributed by atoms with Crippen LogP contribution in [-0.4, -0.2) is 79.0 Å². The Kier molecular flexibility index (Phi) is 5.54. The van der Waals surface area contributed by atoms with Crippen LogP contribution in [0.2, 0.25) is 0 Å². The van der Waals surface area contributed by atoms with Gasteiger partial charge in [-0.3, -0.25) is 9.59 Å². The molecule has 3 saturated heterocycles. The first kappa shape index (κ1) is 24.2. The lowest BCUT2D eigenvalue weighted by molar-refractivity contribution is -0.362. The first-order valence-electron chi connectivity index (χ1n) is 8.42. The number of hydrogen-bond acceptors (Lipinski definition) is 10. The van der Waals surface area contributed by atoms with Crippen molar-refractivity contribution in [2.24, 2.45) is 11.8 Å². The normalized spacial score (nSPS) is 31.9.